The lowest BCUT2D eigenvalue weighted by molar-refractivity contribution is -0.128. The minimum Gasteiger partial charge on any atom is -0.497 e. The van der Waals surface area contributed by atoms with Crippen molar-refractivity contribution in [2.45, 2.75) is 88.6 Å². The molecule has 0 bridgehead atoms. The molecule has 0 radical (unpaired) electrons. The van der Waals surface area contributed by atoms with Crippen LogP contribution in [0.25, 0.3) is 16.9 Å². The molecule has 41 heavy (non-hydrogen) atoms. The maximum absolute atomic E-state index is 14.8. The fourth-order valence-corrected chi connectivity index (χ4v) is 7.45. The summed E-state index contributed by atoms with van der Waals surface area (Å²) in [6.45, 7) is 5.84. The minimum absolute atomic E-state index is 0.0107. The van der Waals surface area contributed by atoms with Gasteiger partial charge in [-0.25, -0.2) is 4.98 Å². The monoisotopic (exact) mass is 573 g/mol. The lowest BCUT2D eigenvalue weighted by Gasteiger charge is -2.42. The Bertz CT molecular complexity index is 1420. The van der Waals surface area contributed by atoms with E-state index in [2.05, 4.69) is 32.0 Å². The number of unbranched alkanes of at least 4 members (excludes halogenated alkanes) is 2. The van der Waals surface area contributed by atoms with Gasteiger partial charge in [0, 0.05) is 30.1 Å². The van der Waals surface area contributed by atoms with Crippen molar-refractivity contribution >= 4 is 17.7 Å². The van der Waals surface area contributed by atoms with Gasteiger partial charge in [0.25, 0.3) is 5.56 Å². The molecule has 1 aromatic heterocycles. The predicted octanol–water partition coefficient (Wildman–Crippen LogP) is 7.19. The average Bonchev–Trinajstić information content (AvgIpc) is 3.00. The summed E-state index contributed by atoms with van der Waals surface area (Å²) in [6, 6.07) is 16.0. The van der Waals surface area contributed by atoms with E-state index in [1.165, 1.54) is 23.7 Å². The molecule has 1 spiro atoms. The number of benzene rings is 2. The quantitative estimate of drug-likeness (QED) is 0.179. The predicted molar refractivity (Wildman–Crippen MR) is 167 cm³/mol. The molecule has 2 aromatic carbocycles. The summed E-state index contributed by atoms with van der Waals surface area (Å²) in [5.41, 5.74) is 4.48. The van der Waals surface area contributed by atoms with Crippen molar-refractivity contribution in [3.8, 4) is 22.7 Å². The van der Waals surface area contributed by atoms with E-state index in [0.29, 0.717) is 10.9 Å². The van der Waals surface area contributed by atoms with E-state index < -0.39 is 0 Å². The van der Waals surface area contributed by atoms with Gasteiger partial charge >= 0.3 is 0 Å². The summed E-state index contributed by atoms with van der Waals surface area (Å²) < 4.78 is 7.27. The molecule has 0 atom stereocenters. The van der Waals surface area contributed by atoms with Crippen LogP contribution in [-0.2, 0) is 16.6 Å². The van der Waals surface area contributed by atoms with Crippen molar-refractivity contribution in [3.05, 3.63) is 70.0 Å². The number of carbonyl (C=O) groups is 1. The van der Waals surface area contributed by atoms with E-state index in [1.54, 1.807) is 11.7 Å². The number of aromatic nitrogens is 2. The fourth-order valence-electron chi connectivity index (χ4n) is 6.54. The highest BCUT2D eigenvalue weighted by molar-refractivity contribution is 7.99. The van der Waals surface area contributed by atoms with Gasteiger partial charge in [0.1, 0.15) is 5.75 Å². The van der Waals surface area contributed by atoms with Gasteiger partial charge in [-0.2, -0.15) is 0 Å². The number of rotatable bonds is 11. The first-order valence-corrected chi connectivity index (χ1v) is 16.3. The molecule has 6 nitrogen and oxygen atoms in total. The molecule has 7 heteroatoms. The summed E-state index contributed by atoms with van der Waals surface area (Å²) in [7, 11) is 1.64. The normalized spacial score (nSPS) is 15.3. The third-order valence-corrected chi connectivity index (χ3v) is 9.67. The van der Waals surface area contributed by atoms with Crippen molar-refractivity contribution in [2.24, 2.45) is 0 Å². The summed E-state index contributed by atoms with van der Waals surface area (Å²) in [6.07, 6.45) is 10.4. The Labute approximate surface area is 248 Å². The number of ether oxygens (including phenoxy) is 1. The van der Waals surface area contributed by atoms with Crippen molar-refractivity contribution in [1.29, 1.82) is 0 Å². The zero-order valence-corrected chi connectivity index (χ0v) is 25.6. The van der Waals surface area contributed by atoms with Crippen molar-refractivity contribution in [3.63, 3.8) is 0 Å². The SMILES string of the molecule is CCCCN(CCCC)C(=O)CSc1nc2c(c(=O)n1-c1cccc(OC)c1)C1(CCCCC1)Cc1ccccc1-2. The molecular weight excluding hydrogens is 530 g/mol. The summed E-state index contributed by atoms with van der Waals surface area (Å²) in [5.74, 6) is 1.03. The van der Waals surface area contributed by atoms with Crippen LogP contribution in [0.5, 0.6) is 5.75 Å². The third kappa shape index (κ3) is 6.11. The molecule has 1 heterocycles. The first-order valence-electron chi connectivity index (χ1n) is 15.3. The Hall–Kier alpha value is -3.06. The smallest absolute Gasteiger partial charge is 0.263 e. The summed E-state index contributed by atoms with van der Waals surface area (Å²) in [5, 5.41) is 0.559. The average molecular weight is 574 g/mol. The van der Waals surface area contributed by atoms with Crippen LogP contribution in [0.4, 0.5) is 0 Å². The molecule has 1 amide bonds. The number of hydrogen-bond donors (Lipinski definition) is 0. The Morgan fingerprint density at radius 2 is 1.76 bits per heavy atom. The van der Waals surface area contributed by atoms with Crippen molar-refractivity contribution < 1.29 is 9.53 Å². The van der Waals surface area contributed by atoms with Gasteiger partial charge in [-0.1, -0.05) is 88.0 Å². The Balaban J connectivity index is 1.63. The Kier molecular flexibility index (Phi) is 9.53. The van der Waals surface area contributed by atoms with E-state index in [0.717, 1.165) is 93.4 Å². The first-order chi connectivity index (χ1) is 20.0. The van der Waals surface area contributed by atoms with Crippen LogP contribution >= 0.6 is 11.8 Å². The fraction of sp³-hybridized carbons (Fsp3) is 0.500. The molecule has 218 valence electrons. The lowest BCUT2D eigenvalue weighted by Crippen LogP contribution is -2.43. The van der Waals surface area contributed by atoms with E-state index in [-0.39, 0.29) is 22.6 Å². The molecule has 2 aliphatic rings. The van der Waals surface area contributed by atoms with Crippen LogP contribution in [0.3, 0.4) is 0 Å². The molecule has 0 saturated heterocycles. The maximum Gasteiger partial charge on any atom is 0.263 e. The van der Waals surface area contributed by atoms with Crippen LogP contribution in [0.15, 0.2) is 58.5 Å². The molecule has 0 aliphatic heterocycles. The van der Waals surface area contributed by atoms with E-state index >= 15 is 0 Å². The summed E-state index contributed by atoms with van der Waals surface area (Å²) >= 11 is 1.38. The number of thioether (sulfide) groups is 1. The van der Waals surface area contributed by atoms with Gasteiger partial charge in [-0.3, -0.25) is 14.2 Å². The Morgan fingerprint density at radius 3 is 2.46 bits per heavy atom. The van der Waals surface area contributed by atoms with Gasteiger partial charge in [0.2, 0.25) is 5.91 Å². The lowest BCUT2D eigenvalue weighted by atomic mass is 9.62. The zero-order chi connectivity index (χ0) is 28.8. The standard InChI is InChI=1S/C34H43N3O3S/c1-4-6-20-36(21-7-5-2)29(38)24-41-33-35-31-28-17-10-9-14-25(28)23-34(18-11-8-12-19-34)30(31)32(39)37(33)26-15-13-16-27(22-26)40-3/h9-10,13-17,22H,4-8,11-12,18-21,23-24H2,1-3H3. The number of methoxy groups -OCH3 is 1. The van der Waals surface area contributed by atoms with E-state index in [4.69, 9.17) is 9.72 Å². The molecule has 1 fully saturated rings. The van der Waals surface area contributed by atoms with E-state index in [1.807, 2.05) is 35.2 Å². The number of fused-ring (bicyclic) bond motifs is 4. The van der Waals surface area contributed by atoms with Crippen LogP contribution < -0.4 is 10.3 Å². The molecular formula is C34H43N3O3S. The highest BCUT2D eigenvalue weighted by Crippen LogP contribution is 2.49. The van der Waals surface area contributed by atoms with Gasteiger partial charge in [0.15, 0.2) is 5.16 Å². The second kappa shape index (κ2) is 13.3. The number of hydrogen-bond acceptors (Lipinski definition) is 5. The molecule has 1 saturated carbocycles. The largest absolute Gasteiger partial charge is 0.497 e. The van der Waals surface area contributed by atoms with Crippen LogP contribution in [0, 0.1) is 0 Å². The summed E-state index contributed by atoms with van der Waals surface area (Å²) in [4.78, 5) is 35.5. The highest BCUT2D eigenvalue weighted by Gasteiger charge is 2.43. The second-order valence-corrected chi connectivity index (χ2v) is 12.5. The second-order valence-electron chi connectivity index (χ2n) is 11.5. The maximum atomic E-state index is 14.8. The molecule has 2 aliphatic carbocycles. The third-order valence-electron chi connectivity index (χ3n) is 8.75. The van der Waals surface area contributed by atoms with Gasteiger partial charge < -0.3 is 9.64 Å². The first kappa shape index (κ1) is 29.4. The molecule has 3 aromatic rings. The van der Waals surface area contributed by atoms with Crippen LogP contribution in [-0.4, -0.2) is 46.3 Å². The van der Waals surface area contributed by atoms with Crippen LogP contribution in [0.1, 0.15) is 82.8 Å². The number of carbonyl (C=O) groups excluding carboxylic acids is 1. The Morgan fingerprint density at radius 1 is 1.02 bits per heavy atom. The van der Waals surface area contributed by atoms with Crippen molar-refractivity contribution in [2.75, 3.05) is 26.0 Å². The van der Waals surface area contributed by atoms with Crippen LogP contribution in [0.2, 0.25) is 0 Å². The van der Waals surface area contributed by atoms with Crippen molar-refractivity contribution in [1.82, 2.24) is 14.5 Å². The topological polar surface area (TPSA) is 64.4 Å². The number of nitrogens with zero attached hydrogens (tertiary/aromatic N) is 3. The number of amides is 1. The highest BCUT2D eigenvalue weighted by atomic mass is 32.2. The molecule has 0 N–H and O–H groups in total. The van der Waals surface area contributed by atoms with Gasteiger partial charge in [-0.05, 0) is 49.8 Å². The molecule has 5 rings (SSSR count). The minimum atomic E-state index is -0.206. The van der Waals surface area contributed by atoms with Gasteiger partial charge in [0.05, 0.1) is 29.8 Å². The van der Waals surface area contributed by atoms with E-state index in [9.17, 15) is 9.59 Å². The zero-order valence-electron chi connectivity index (χ0n) is 24.8. The molecule has 0 unspecified atom stereocenters. The van der Waals surface area contributed by atoms with Gasteiger partial charge in [-0.15, -0.1) is 0 Å².